The first-order valence-corrected chi connectivity index (χ1v) is 10.6. The molecule has 0 saturated carbocycles. The van der Waals surface area contributed by atoms with Gasteiger partial charge < -0.3 is 10.1 Å². The Morgan fingerprint density at radius 3 is 2.37 bits per heavy atom. The second-order valence-corrected chi connectivity index (χ2v) is 8.37. The second kappa shape index (κ2) is 9.53. The van der Waals surface area contributed by atoms with Crippen molar-refractivity contribution in [1.82, 2.24) is 4.31 Å². The third-order valence-corrected chi connectivity index (χ3v) is 5.52. The number of aryl methyl sites for hydroxylation is 1. The van der Waals surface area contributed by atoms with Gasteiger partial charge >= 0.3 is 0 Å². The number of carbonyl (C=O) groups is 1. The summed E-state index contributed by atoms with van der Waals surface area (Å²) in [5.74, 6) is 0.507. The minimum absolute atomic E-state index is 0.0901. The maximum Gasteiger partial charge on any atom is 0.225 e. The van der Waals surface area contributed by atoms with E-state index in [2.05, 4.69) is 5.32 Å². The molecular formula is C20H26N2O4S. The lowest BCUT2D eigenvalue weighted by atomic mass is 10.1. The fourth-order valence-electron chi connectivity index (χ4n) is 2.68. The van der Waals surface area contributed by atoms with Crippen LogP contribution in [0.4, 0.5) is 5.69 Å². The molecule has 1 amide bonds. The van der Waals surface area contributed by atoms with Gasteiger partial charge in [-0.3, -0.25) is 4.79 Å². The van der Waals surface area contributed by atoms with Gasteiger partial charge in [0.1, 0.15) is 5.75 Å². The Morgan fingerprint density at radius 2 is 1.74 bits per heavy atom. The summed E-state index contributed by atoms with van der Waals surface area (Å²) in [4.78, 5) is 12.2. The molecule has 7 heteroatoms. The summed E-state index contributed by atoms with van der Waals surface area (Å²) in [5.41, 5.74) is 2.73. The zero-order valence-electron chi connectivity index (χ0n) is 15.9. The number of benzene rings is 2. The van der Waals surface area contributed by atoms with Gasteiger partial charge in [0, 0.05) is 25.2 Å². The molecule has 0 bridgehead atoms. The molecule has 0 saturated heterocycles. The van der Waals surface area contributed by atoms with Crippen molar-refractivity contribution in [2.24, 2.45) is 0 Å². The van der Waals surface area contributed by atoms with E-state index in [-0.39, 0.29) is 25.4 Å². The average Bonchev–Trinajstić information content (AvgIpc) is 2.62. The van der Waals surface area contributed by atoms with Crippen LogP contribution in [0.15, 0.2) is 48.5 Å². The lowest BCUT2D eigenvalue weighted by Gasteiger charge is -2.20. The number of amides is 1. The Bertz CT molecular complexity index is 864. The Balaban J connectivity index is 1.94. The molecular weight excluding hydrogens is 364 g/mol. The molecule has 0 aliphatic carbocycles. The first kappa shape index (κ1) is 20.9. The molecule has 0 aliphatic rings. The van der Waals surface area contributed by atoms with Crippen molar-refractivity contribution in [3.05, 3.63) is 59.7 Å². The van der Waals surface area contributed by atoms with Crippen molar-refractivity contribution >= 4 is 21.6 Å². The maximum atomic E-state index is 12.2. The summed E-state index contributed by atoms with van der Waals surface area (Å²) in [6.07, 6.45) is 1.76. The van der Waals surface area contributed by atoms with Crippen LogP contribution in [-0.4, -0.2) is 45.1 Å². The predicted octanol–water partition coefficient (Wildman–Crippen LogP) is 2.84. The van der Waals surface area contributed by atoms with Crippen LogP contribution in [0.2, 0.25) is 0 Å². The molecule has 27 heavy (non-hydrogen) atoms. The number of carbonyl (C=O) groups excluding carboxylic acids is 1. The molecule has 0 radical (unpaired) electrons. The zero-order valence-corrected chi connectivity index (χ0v) is 16.8. The quantitative estimate of drug-likeness (QED) is 0.714. The van der Waals surface area contributed by atoms with Crippen LogP contribution in [0, 0.1) is 6.92 Å². The van der Waals surface area contributed by atoms with Crippen molar-refractivity contribution in [2.45, 2.75) is 19.8 Å². The van der Waals surface area contributed by atoms with Gasteiger partial charge in [0.15, 0.2) is 0 Å². The lowest BCUT2D eigenvalue weighted by Crippen LogP contribution is -2.34. The van der Waals surface area contributed by atoms with E-state index in [0.717, 1.165) is 23.1 Å². The molecule has 0 atom stereocenters. The van der Waals surface area contributed by atoms with E-state index in [1.54, 1.807) is 7.11 Å². The molecule has 6 nitrogen and oxygen atoms in total. The fraction of sp³-hybridized carbons (Fsp3) is 0.350. The van der Waals surface area contributed by atoms with Crippen molar-refractivity contribution in [2.75, 3.05) is 31.8 Å². The van der Waals surface area contributed by atoms with Gasteiger partial charge in [-0.2, -0.15) is 0 Å². The highest BCUT2D eigenvalue weighted by molar-refractivity contribution is 7.88. The number of hydrogen-bond donors (Lipinski definition) is 1. The Morgan fingerprint density at radius 1 is 1.07 bits per heavy atom. The normalized spacial score (nSPS) is 11.4. The predicted molar refractivity (Wildman–Crippen MR) is 108 cm³/mol. The van der Waals surface area contributed by atoms with Gasteiger partial charge in [-0.1, -0.05) is 35.9 Å². The van der Waals surface area contributed by atoms with E-state index in [0.29, 0.717) is 12.1 Å². The molecule has 0 aromatic heterocycles. The highest BCUT2D eigenvalue weighted by Crippen LogP contribution is 2.18. The summed E-state index contributed by atoms with van der Waals surface area (Å²) in [6.45, 7) is 2.39. The SMILES string of the molecule is COc1ccccc1CCN(CCC(=O)Nc1ccc(C)cc1)S(C)(=O)=O. The minimum atomic E-state index is -3.42. The van der Waals surface area contributed by atoms with E-state index < -0.39 is 10.0 Å². The molecule has 0 fully saturated rings. The molecule has 0 unspecified atom stereocenters. The molecule has 0 aliphatic heterocycles. The van der Waals surface area contributed by atoms with Crippen molar-refractivity contribution in [1.29, 1.82) is 0 Å². The molecule has 2 aromatic rings. The summed E-state index contributed by atoms with van der Waals surface area (Å²) < 4.78 is 30.8. The first-order valence-electron chi connectivity index (χ1n) is 8.73. The van der Waals surface area contributed by atoms with E-state index in [9.17, 15) is 13.2 Å². The van der Waals surface area contributed by atoms with Crippen LogP contribution in [0.25, 0.3) is 0 Å². The number of rotatable bonds is 9. The molecule has 146 valence electrons. The van der Waals surface area contributed by atoms with Crippen LogP contribution in [0.1, 0.15) is 17.5 Å². The molecule has 0 spiro atoms. The topological polar surface area (TPSA) is 75.7 Å². The number of anilines is 1. The highest BCUT2D eigenvalue weighted by Gasteiger charge is 2.18. The molecule has 0 heterocycles. The number of hydrogen-bond acceptors (Lipinski definition) is 4. The number of ether oxygens (including phenoxy) is 1. The number of para-hydroxylation sites is 1. The lowest BCUT2D eigenvalue weighted by molar-refractivity contribution is -0.116. The highest BCUT2D eigenvalue weighted by atomic mass is 32.2. The molecule has 2 rings (SSSR count). The summed E-state index contributed by atoms with van der Waals surface area (Å²) in [7, 11) is -1.83. The first-order chi connectivity index (χ1) is 12.8. The molecule has 2 aromatic carbocycles. The Kier molecular flexibility index (Phi) is 7.38. The van der Waals surface area contributed by atoms with Gasteiger partial charge in [-0.25, -0.2) is 12.7 Å². The summed E-state index contributed by atoms with van der Waals surface area (Å²) >= 11 is 0. The number of methoxy groups -OCH3 is 1. The van der Waals surface area contributed by atoms with Crippen LogP contribution in [-0.2, 0) is 21.2 Å². The third-order valence-electron chi connectivity index (χ3n) is 4.22. The standard InChI is InChI=1S/C20H26N2O4S/c1-16-8-10-18(11-9-16)21-20(23)13-15-22(27(3,24)25)14-12-17-6-4-5-7-19(17)26-2/h4-11H,12-15H2,1-3H3,(H,21,23). The largest absolute Gasteiger partial charge is 0.496 e. The number of nitrogens with zero attached hydrogens (tertiary/aromatic N) is 1. The third kappa shape index (κ3) is 6.69. The number of nitrogens with one attached hydrogen (secondary N) is 1. The minimum Gasteiger partial charge on any atom is -0.496 e. The smallest absolute Gasteiger partial charge is 0.225 e. The second-order valence-electron chi connectivity index (χ2n) is 6.39. The van der Waals surface area contributed by atoms with Crippen molar-refractivity contribution in [3.63, 3.8) is 0 Å². The van der Waals surface area contributed by atoms with Gasteiger partial charge in [-0.15, -0.1) is 0 Å². The van der Waals surface area contributed by atoms with Crippen LogP contribution in [0.5, 0.6) is 5.75 Å². The molecule has 1 N–H and O–H groups in total. The Labute approximate surface area is 161 Å². The van der Waals surface area contributed by atoms with E-state index in [1.807, 2.05) is 55.5 Å². The van der Waals surface area contributed by atoms with Gasteiger partial charge in [0.25, 0.3) is 0 Å². The zero-order chi connectivity index (χ0) is 19.9. The average molecular weight is 391 g/mol. The van der Waals surface area contributed by atoms with Crippen molar-refractivity contribution in [3.8, 4) is 5.75 Å². The van der Waals surface area contributed by atoms with Gasteiger partial charge in [0.05, 0.1) is 13.4 Å². The van der Waals surface area contributed by atoms with Crippen LogP contribution >= 0.6 is 0 Å². The number of sulfonamides is 1. The Hall–Kier alpha value is -2.38. The van der Waals surface area contributed by atoms with E-state index in [1.165, 1.54) is 4.31 Å². The van der Waals surface area contributed by atoms with Gasteiger partial charge in [0.2, 0.25) is 15.9 Å². The monoisotopic (exact) mass is 390 g/mol. The maximum absolute atomic E-state index is 12.2. The summed E-state index contributed by atoms with van der Waals surface area (Å²) in [5, 5.41) is 2.79. The van der Waals surface area contributed by atoms with Gasteiger partial charge in [-0.05, 0) is 37.1 Å². The van der Waals surface area contributed by atoms with Crippen LogP contribution in [0.3, 0.4) is 0 Å². The summed E-state index contributed by atoms with van der Waals surface area (Å²) in [6, 6.07) is 15.0. The van der Waals surface area contributed by atoms with Crippen LogP contribution < -0.4 is 10.1 Å². The van der Waals surface area contributed by atoms with E-state index >= 15 is 0 Å². The van der Waals surface area contributed by atoms with Crippen molar-refractivity contribution < 1.29 is 17.9 Å². The van der Waals surface area contributed by atoms with E-state index in [4.69, 9.17) is 4.74 Å². The fourth-order valence-corrected chi connectivity index (χ4v) is 3.53.